The van der Waals surface area contributed by atoms with Crippen LogP contribution < -0.4 is 0 Å². The lowest BCUT2D eigenvalue weighted by Gasteiger charge is -2.27. The van der Waals surface area contributed by atoms with Gasteiger partial charge in [0.1, 0.15) is 11.2 Å². The van der Waals surface area contributed by atoms with Crippen molar-refractivity contribution in [1.82, 2.24) is 0 Å². The quantitative estimate of drug-likeness (QED) is 0.162. The van der Waals surface area contributed by atoms with E-state index in [1.165, 1.54) is 99.8 Å². The molecule has 10 aromatic rings. The van der Waals surface area contributed by atoms with E-state index >= 15 is 0 Å². The molecule has 9 aromatic carbocycles. The van der Waals surface area contributed by atoms with E-state index in [0.29, 0.717) is 0 Å². The van der Waals surface area contributed by atoms with Crippen molar-refractivity contribution in [3.63, 3.8) is 0 Å². The topological polar surface area (TPSA) is 13.1 Å². The highest BCUT2D eigenvalue weighted by Crippen LogP contribution is 2.55. The Hall–Kier alpha value is -6.96. The number of hydrogen-bond acceptors (Lipinski definition) is 1. The van der Waals surface area contributed by atoms with E-state index in [1.54, 1.807) is 0 Å². The second kappa shape index (κ2) is 12.3. The molecule has 3 aliphatic rings. The van der Waals surface area contributed by atoms with E-state index in [9.17, 15) is 0 Å². The van der Waals surface area contributed by atoms with E-state index in [0.717, 1.165) is 33.9 Å². The monoisotopic (exact) mass is 780 g/mol. The molecule has 1 nitrogen and oxygen atoms in total. The van der Waals surface area contributed by atoms with Crippen molar-refractivity contribution in [2.75, 3.05) is 0 Å². The molecule has 0 spiro atoms. The summed E-state index contributed by atoms with van der Waals surface area (Å²) in [5.74, 6) is 0.0237. The molecule has 0 bridgehead atoms. The Kier molecular flexibility index (Phi) is 7.03. The van der Waals surface area contributed by atoms with Crippen molar-refractivity contribution < 1.29 is 4.42 Å². The minimum atomic E-state index is -0.102. The lowest BCUT2D eigenvalue weighted by Crippen LogP contribution is -2.17. The van der Waals surface area contributed by atoms with E-state index in [-0.39, 0.29) is 16.7 Å². The molecule has 0 N–H and O–H groups in total. The molecule has 0 amide bonds. The minimum Gasteiger partial charge on any atom is -0.455 e. The number of para-hydroxylation sites is 2. The number of fused-ring (bicyclic) bond motifs is 13. The van der Waals surface area contributed by atoms with Gasteiger partial charge in [0.05, 0.1) is 0 Å². The van der Waals surface area contributed by atoms with Crippen LogP contribution in [0.5, 0.6) is 0 Å². The van der Waals surface area contributed by atoms with Gasteiger partial charge in [-0.05, 0) is 118 Å². The first kappa shape index (κ1) is 34.9. The fourth-order valence-corrected chi connectivity index (χ4v) is 11.9. The Labute approximate surface area is 357 Å². The molecule has 1 aromatic heterocycles. The summed E-state index contributed by atoms with van der Waals surface area (Å²) in [7, 11) is 0. The van der Waals surface area contributed by atoms with Crippen molar-refractivity contribution in [1.29, 1.82) is 0 Å². The molecule has 3 aliphatic carbocycles. The van der Waals surface area contributed by atoms with Gasteiger partial charge in [-0.25, -0.2) is 0 Å². The van der Waals surface area contributed by atoms with Crippen LogP contribution in [0.3, 0.4) is 0 Å². The average molecular weight is 781 g/mol. The Bertz CT molecular complexity index is 3410. The van der Waals surface area contributed by atoms with Crippen molar-refractivity contribution >= 4 is 32.7 Å². The standard InChI is InChI=1S/C60H44O/c1-59(2)51-24-10-7-17-40(51)42-29-27-36(32-53(42)59)56(37-28-30-43-41-18-8-11-25-52(41)60(3,4)54(43)33-37)45-21-13-20-39-48-31-35-15-5-6-16-38(35)57(50(48)34-49(39)45)47-23-14-22-46-44-19-9-12-26-55(44)61-58(46)47/h5-33,56H,34H2,1-4H3. The molecule has 0 aliphatic heterocycles. The van der Waals surface area contributed by atoms with Gasteiger partial charge in [0, 0.05) is 33.1 Å². The predicted octanol–water partition coefficient (Wildman–Crippen LogP) is 15.8. The molecule has 0 unspecified atom stereocenters. The van der Waals surface area contributed by atoms with Crippen molar-refractivity contribution in [3.05, 3.63) is 226 Å². The molecular formula is C60H44O. The summed E-state index contributed by atoms with van der Waals surface area (Å²) in [6.07, 6.45) is 0.845. The van der Waals surface area contributed by atoms with Gasteiger partial charge >= 0.3 is 0 Å². The van der Waals surface area contributed by atoms with Crippen molar-refractivity contribution in [3.8, 4) is 44.5 Å². The molecule has 290 valence electrons. The fraction of sp³-hybridized carbons (Fsp3) is 0.133. The number of hydrogen-bond donors (Lipinski definition) is 0. The van der Waals surface area contributed by atoms with Crippen LogP contribution in [0.2, 0.25) is 0 Å². The van der Waals surface area contributed by atoms with Gasteiger partial charge in [0.2, 0.25) is 0 Å². The predicted molar refractivity (Wildman–Crippen MR) is 254 cm³/mol. The molecule has 0 saturated carbocycles. The van der Waals surface area contributed by atoms with Crippen LogP contribution in [0, 0.1) is 0 Å². The highest BCUT2D eigenvalue weighted by molar-refractivity contribution is 6.14. The molecule has 0 saturated heterocycles. The van der Waals surface area contributed by atoms with Gasteiger partial charge in [-0.15, -0.1) is 0 Å². The second-order valence-corrected chi connectivity index (χ2v) is 18.7. The zero-order chi connectivity index (χ0) is 40.8. The zero-order valence-corrected chi connectivity index (χ0v) is 34.9. The lowest BCUT2D eigenvalue weighted by molar-refractivity contribution is 0.657. The van der Waals surface area contributed by atoms with E-state index in [4.69, 9.17) is 4.42 Å². The van der Waals surface area contributed by atoms with E-state index in [2.05, 4.69) is 204 Å². The summed E-state index contributed by atoms with van der Waals surface area (Å²) in [5.41, 5.74) is 24.7. The van der Waals surface area contributed by atoms with Crippen LogP contribution >= 0.6 is 0 Å². The van der Waals surface area contributed by atoms with Gasteiger partial charge in [-0.3, -0.25) is 0 Å². The lowest BCUT2D eigenvalue weighted by atomic mass is 9.76. The Morgan fingerprint density at radius 3 is 1.66 bits per heavy atom. The van der Waals surface area contributed by atoms with Crippen LogP contribution in [-0.2, 0) is 17.3 Å². The molecule has 1 heterocycles. The highest BCUT2D eigenvalue weighted by Gasteiger charge is 2.39. The van der Waals surface area contributed by atoms with E-state index in [1.807, 2.05) is 0 Å². The van der Waals surface area contributed by atoms with Gasteiger partial charge in [-0.2, -0.15) is 0 Å². The first-order valence-corrected chi connectivity index (χ1v) is 21.8. The van der Waals surface area contributed by atoms with Gasteiger partial charge < -0.3 is 4.42 Å². The Morgan fingerprint density at radius 2 is 0.951 bits per heavy atom. The van der Waals surface area contributed by atoms with Crippen LogP contribution in [0.15, 0.2) is 180 Å². The first-order valence-electron chi connectivity index (χ1n) is 21.8. The summed E-state index contributed by atoms with van der Waals surface area (Å²) in [4.78, 5) is 0. The second-order valence-electron chi connectivity index (χ2n) is 18.7. The SMILES string of the molecule is CC1(C)c2ccccc2-c2ccc(C(c3ccc4c(c3)C(C)(C)c3ccccc3-4)c3cccc4c3Cc3c-4cc4ccccc4c3-c3cccc4c3oc3ccccc34)cc21. The zero-order valence-electron chi connectivity index (χ0n) is 34.9. The Balaban J connectivity index is 1.04. The van der Waals surface area contributed by atoms with Crippen molar-refractivity contribution in [2.24, 2.45) is 0 Å². The number of rotatable bonds is 4. The summed E-state index contributed by atoms with van der Waals surface area (Å²) in [6.45, 7) is 9.60. The average Bonchev–Trinajstić information content (AvgIpc) is 3.99. The molecular weight excluding hydrogens is 737 g/mol. The van der Waals surface area contributed by atoms with Crippen LogP contribution in [-0.4, -0.2) is 0 Å². The number of benzene rings is 9. The maximum Gasteiger partial charge on any atom is 0.143 e. The van der Waals surface area contributed by atoms with Crippen LogP contribution in [0.25, 0.3) is 77.2 Å². The molecule has 61 heavy (non-hydrogen) atoms. The normalized spacial score (nSPS) is 14.9. The summed E-state index contributed by atoms with van der Waals surface area (Å²) >= 11 is 0. The molecule has 13 rings (SSSR count). The highest BCUT2D eigenvalue weighted by atomic mass is 16.3. The van der Waals surface area contributed by atoms with E-state index < -0.39 is 0 Å². The van der Waals surface area contributed by atoms with Gasteiger partial charge in [0.25, 0.3) is 0 Å². The number of furan rings is 1. The maximum atomic E-state index is 6.75. The summed E-state index contributed by atoms with van der Waals surface area (Å²) < 4.78 is 6.75. The molecule has 0 radical (unpaired) electrons. The molecule has 1 heteroatoms. The third-order valence-corrected chi connectivity index (χ3v) is 14.9. The smallest absolute Gasteiger partial charge is 0.143 e. The largest absolute Gasteiger partial charge is 0.455 e. The maximum absolute atomic E-state index is 6.75. The summed E-state index contributed by atoms with van der Waals surface area (Å²) in [6, 6.07) is 66.4. The molecule has 0 fully saturated rings. The first-order chi connectivity index (χ1) is 29.8. The van der Waals surface area contributed by atoms with Gasteiger partial charge in [0.15, 0.2) is 0 Å². The van der Waals surface area contributed by atoms with Gasteiger partial charge in [-0.1, -0.05) is 191 Å². The minimum absolute atomic E-state index is 0.0237. The molecule has 0 atom stereocenters. The summed E-state index contributed by atoms with van der Waals surface area (Å²) in [5, 5.41) is 4.83. The van der Waals surface area contributed by atoms with Crippen LogP contribution in [0.1, 0.15) is 83.7 Å². The third kappa shape index (κ3) is 4.72. The Morgan fingerprint density at radius 1 is 0.410 bits per heavy atom. The van der Waals surface area contributed by atoms with Crippen molar-refractivity contribution in [2.45, 2.75) is 50.9 Å². The third-order valence-electron chi connectivity index (χ3n) is 14.9. The fourth-order valence-electron chi connectivity index (χ4n) is 11.9. The van der Waals surface area contributed by atoms with Crippen LogP contribution in [0.4, 0.5) is 0 Å².